The highest BCUT2D eigenvalue weighted by Gasteiger charge is 2.46. The standard InChI is InChI=1S/C18H28N4O6S/c1-2-3-4-5-6-7-8-27-12-10(9-23)28-16(11(12)24)22-14-13(29-18(22)26)15(25)21-17(19)20-14/h10-12,16,23-24H,2-9H2,1H3,(H3,19,20,21,25)/t10-,11-,12+,16-/m1/s1. The predicted molar refractivity (Wildman–Crippen MR) is 109 cm³/mol. The van der Waals surface area contributed by atoms with Crippen molar-refractivity contribution < 1.29 is 19.7 Å². The number of fused-ring (bicyclic) bond motifs is 1. The average Bonchev–Trinajstić information content (AvgIpc) is 3.17. The molecule has 10 nitrogen and oxygen atoms in total. The molecule has 4 atom stereocenters. The first-order chi connectivity index (χ1) is 14.0. The molecule has 3 rings (SSSR count). The third-order valence-corrected chi connectivity index (χ3v) is 5.99. The number of hydrogen-bond donors (Lipinski definition) is 4. The highest BCUT2D eigenvalue weighted by Crippen LogP contribution is 2.32. The Hall–Kier alpha value is -1.79. The van der Waals surface area contributed by atoms with E-state index in [2.05, 4.69) is 16.9 Å². The Bertz CT molecular complexity index is 925. The number of anilines is 1. The second-order valence-electron chi connectivity index (χ2n) is 7.18. The van der Waals surface area contributed by atoms with Crippen molar-refractivity contribution in [3.63, 3.8) is 0 Å². The molecule has 1 aliphatic heterocycles. The van der Waals surface area contributed by atoms with Crippen LogP contribution in [0.5, 0.6) is 0 Å². The number of unbranched alkanes of at least 4 members (excludes halogenated alkanes) is 5. The van der Waals surface area contributed by atoms with Gasteiger partial charge in [0.25, 0.3) is 5.56 Å². The second-order valence-corrected chi connectivity index (χ2v) is 8.14. The van der Waals surface area contributed by atoms with Crippen LogP contribution in [0.25, 0.3) is 10.3 Å². The van der Waals surface area contributed by atoms with Gasteiger partial charge in [0.15, 0.2) is 11.9 Å². The number of aliphatic hydroxyl groups excluding tert-OH is 2. The van der Waals surface area contributed by atoms with Gasteiger partial charge < -0.3 is 25.4 Å². The topological polar surface area (TPSA) is 153 Å². The Morgan fingerprint density at radius 2 is 2.00 bits per heavy atom. The molecule has 0 aromatic carbocycles. The van der Waals surface area contributed by atoms with Gasteiger partial charge in [-0.1, -0.05) is 50.4 Å². The van der Waals surface area contributed by atoms with Crippen LogP contribution >= 0.6 is 11.3 Å². The molecule has 162 valence electrons. The average molecular weight is 429 g/mol. The molecule has 0 unspecified atom stereocenters. The van der Waals surface area contributed by atoms with Crippen molar-refractivity contribution in [3.05, 3.63) is 20.0 Å². The third-order valence-electron chi connectivity index (χ3n) is 5.04. The largest absolute Gasteiger partial charge is 0.394 e. The summed E-state index contributed by atoms with van der Waals surface area (Å²) in [5.74, 6) is -0.142. The van der Waals surface area contributed by atoms with Crippen LogP contribution in [0.2, 0.25) is 0 Å². The lowest BCUT2D eigenvalue weighted by atomic mass is 10.1. The van der Waals surface area contributed by atoms with E-state index in [1.165, 1.54) is 19.3 Å². The van der Waals surface area contributed by atoms with E-state index in [0.717, 1.165) is 23.8 Å². The fraction of sp³-hybridized carbons (Fsp3) is 0.722. The zero-order valence-corrected chi connectivity index (χ0v) is 17.2. The lowest BCUT2D eigenvalue weighted by molar-refractivity contribution is -0.0612. The molecule has 11 heteroatoms. The van der Waals surface area contributed by atoms with Gasteiger partial charge in [0.05, 0.1) is 6.61 Å². The Balaban J connectivity index is 1.72. The van der Waals surface area contributed by atoms with Crippen molar-refractivity contribution in [3.8, 4) is 0 Å². The Kier molecular flexibility index (Phi) is 7.41. The van der Waals surface area contributed by atoms with E-state index in [1.807, 2.05) is 0 Å². The molecule has 2 aromatic rings. The van der Waals surface area contributed by atoms with Crippen LogP contribution < -0.4 is 16.2 Å². The smallest absolute Gasteiger partial charge is 0.311 e. The summed E-state index contributed by atoms with van der Waals surface area (Å²) in [5.41, 5.74) is 5.10. The summed E-state index contributed by atoms with van der Waals surface area (Å²) in [6.07, 6.45) is 2.67. The number of rotatable bonds is 10. The van der Waals surface area contributed by atoms with E-state index in [9.17, 15) is 19.8 Å². The van der Waals surface area contributed by atoms with Crippen molar-refractivity contribution in [1.29, 1.82) is 0 Å². The molecule has 29 heavy (non-hydrogen) atoms. The molecule has 0 bridgehead atoms. The van der Waals surface area contributed by atoms with E-state index < -0.39 is 35.0 Å². The Morgan fingerprint density at radius 1 is 1.28 bits per heavy atom. The molecule has 0 aliphatic carbocycles. The summed E-state index contributed by atoms with van der Waals surface area (Å²) in [6.45, 7) is 2.21. The van der Waals surface area contributed by atoms with Gasteiger partial charge in [-0.05, 0) is 6.42 Å². The van der Waals surface area contributed by atoms with Gasteiger partial charge in [-0.2, -0.15) is 4.98 Å². The number of aromatic amines is 1. The molecular weight excluding hydrogens is 400 g/mol. The highest BCUT2D eigenvalue weighted by atomic mass is 32.1. The number of aliphatic hydroxyl groups is 2. The first kappa shape index (κ1) is 21.9. The summed E-state index contributed by atoms with van der Waals surface area (Å²) in [6, 6.07) is 0. The maximum atomic E-state index is 12.5. The second kappa shape index (κ2) is 9.81. The minimum Gasteiger partial charge on any atom is -0.394 e. The molecule has 1 fully saturated rings. The highest BCUT2D eigenvalue weighted by molar-refractivity contribution is 7.16. The van der Waals surface area contributed by atoms with E-state index in [4.69, 9.17) is 15.2 Å². The van der Waals surface area contributed by atoms with Crippen molar-refractivity contribution in [2.24, 2.45) is 0 Å². The van der Waals surface area contributed by atoms with Gasteiger partial charge in [-0.3, -0.25) is 19.1 Å². The zero-order chi connectivity index (χ0) is 21.0. The maximum absolute atomic E-state index is 12.5. The number of hydrogen-bond acceptors (Lipinski definition) is 9. The number of nitrogens with one attached hydrogen (secondary N) is 1. The van der Waals surface area contributed by atoms with E-state index in [-0.39, 0.29) is 22.9 Å². The normalized spacial score (nSPS) is 24.5. The molecule has 0 saturated carbocycles. The number of ether oxygens (including phenoxy) is 2. The van der Waals surface area contributed by atoms with Crippen LogP contribution in [0.4, 0.5) is 5.95 Å². The van der Waals surface area contributed by atoms with Gasteiger partial charge in [-0.15, -0.1) is 0 Å². The molecule has 0 spiro atoms. The lowest BCUT2D eigenvalue weighted by Gasteiger charge is -2.20. The van der Waals surface area contributed by atoms with E-state index in [0.29, 0.717) is 17.9 Å². The fourth-order valence-electron chi connectivity index (χ4n) is 3.56. The van der Waals surface area contributed by atoms with Crippen molar-refractivity contribution in [2.45, 2.75) is 70.0 Å². The molecule has 0 radical (unpaired) electrons. The minimum atomic E-state index is -1.20. The number of aromatic nitrogens is 3. The van der Waals surface area contributed by atoms with Crippen molar-refractivity contribution >= 4 is 27.6 Å². The van der Waals surface area contributed by atoms with Gasteiger partial charge in [0.2, 0.25) is 5.95 Å². The summed E-state index contributed by atoms with van der Waals surface area (Å²) in [7, 11) is 0. The molecular formula is C18H28N4O6S. The molecule has 1 saturated heterocycles. The molecule has 3 heterocycles. The molecule has 2 aromatic heterocycles. The van der Waals surface area contributed by atoms with Gasteiger partial charge in [0, 0.05) is 6.61 Å². The molecule has 1 aliphatic rings. The first-order valence-corrected chi connectivity index (χ1v) is 10.8. The summed E-state index contributed by atoms with van der Waals surface area (Å²) in [4.78, 5) is 30.4. The Morgan fingerprint density at radius 3 is 2.72 bits per heavy atom. The van der Waals surface area contributed by atoms with Crippen molar-refractivity contribution in [2.75, 3.05) is 18.9 Å². The van der Waals surface area contributed by atoms with Crippen LogP contribution in [0.15, 0.2) is 9.59 Å². The summed E-state index contributed by atoms with van der Waals surface area (Å²) < 4.78 is 12.7. The summed E-state index contributed by atoms with van der Waals surface area (Å²) in [5, 5.41) is 20.4. The first-order valence-electron chi connectivity index (χ1n) is 9.94. The number of nitrogens with zero attached hydrogens (tertiary/aromatic N) is 2. The van der Waals surface area contributed by atoms with Crippen LogP contribution in [-0.4, -0.2) is 56.3 Å². The minimum absolute atomic E-state index is 0.0403. The summed E-state index contributed by atoms with van der Waals surface area (Å²) >= 11 is 0.695. The van der Waals surface area contributed by atoms with E-state index in [1.54, 1.807) is 0 Å². The van der Waals surface area contributed by atoms with Crippen LogP contribution in [0.3, 0.4) is 0 Å². The quantitative estimate of drug-likeness (QED) is 0.404. The molecule has 0 amide bonds. The van der Waals surface area contributed by atoms with E-state index >= 15 is 0 Å². The van der Waals surface area contributed by atoms with Gasteiger partial charge in [-0.25, -0.2) is 0 Å². The number of nitrogens with two attached hydrogens (primary N) is 1. The number of H-pyrrole nitrogens is 1. The van der Waals surface area contributed by atoms with Crippen LogP contribution in [0.1, 0.15) is 51.7 Å². The number of nitrogen functional groups attached to an aromatic ring is 1. The van der Waals surface area contributed by atoms with Crippen LogP contribution in [0, 0.1) is 0 Å². The van der Waals surface area contributed by atoms with Crippen molar-refractivity contribution in [1.82, 2.24) is 14.5 Å². The predicted octanol–water partition coefficient (Wildman–Crippen LogP) is 0.725. The van der Waals surface area contributed by atoms with Crippen LogP contribution in [-0.2, 0) is 9.47 Å². The third kappa shape index (κ3) is 4.69. The SMILES string of the molecule is CCCCCCCCO[C@@H]1[C@@H](O)[C@H](n2c(=O)sc3c(=O)[nH]c(N)nc32)O[C@@H]1CO. The number of thiazole rings is 1. The van der Waals surface area contributed by atoms with Gasteiger partial charge in [0.1, 0.15) is 23.0 Å². The lowest BCUT2D eigenvalue weighted by Crippen LogP contribution is -2.37. The fourth-order valence-corrected chi connectivity index (χ4v) is 4.40. The van der Waals surface area contributed by atoms with Gasteiger partial charge >= 0.3 is 4.87 Å². The molecule has 5 N–H and O–H groups in total. The monoisotopic (exact) mass is 428 g/mol. The Labute approximate surface area is 171 Å². The maximum Gasteiger partial charge on any atom is 0.311 e. The zero-order valence-electron chi connectivity index (χ0n) is 16.4.